The standard InChI is InChI=1S/C21H26F3N3O4S/c1-13-8-20(27-11-17(28)18(12-27)31-3)25-10-19(13)32(29,30)26-14(2)9-15-4-6-16(7-5-15)21(22,23)24/h4-8,10,14,17-18,26,28H,9,11-12H2,1-3H3/t14?,17-,18-/m1/s1. The number of hydrogen-bond acceptors (Lipinski definition) is 6. The topological polar surface area (TPSA) is 91.8 Å². The Kier molecular flexibility index (Phi) is 7.13. The van der Waals surface area contributed by atoms with Crippen molar-refractivity contribution >= 4 is 15.8 Å². The molecular weight excluding hydrogens is 447 g/mol. The van der Waals surface area contributed by atoms with Crippen LogP contribution in [-0.4, -0.2) is 57.0 Å². The lowest BCUT2D eigenvalue weighted by Crippen LogP contribution is -2.34. The van der Waals surface area contributed by atoms with Gasteiger partial charge in [-0.2, -0.15) is 13.2 Å². The largest absolute Gasteiger partial charge is 0.416 e. The van der Waals surface area contributed by atoms with E-state index < -0.39 is 33.9 Å². The Bertz CT molecular complexity index is 1050. The number of aliphatic hydroxyl groups is 1. The summed E-state index contributed by atoms with van der Waals surface area (Å²) in [5, 5.41) is 9.99. The molecule has 0 aliphatic carbocycles. The van der Waals surface area contributed by atoms with Crippen molar-refractivity contribution in [2.45, 2.75) is 49.6 Å². The van der Waals surface area contributed by atoms with Crippen LogP contribution in [0.2, 0.25) is 0 Å². The Morgan fingerprint density at radius 3 is 2.47 bits per heavy atom. The third kappa shape index (κ3) is 5.58. The lowest BCUT2D eigenvalue weighted by molar-refractivity contribution is -0.137. The van der Waals surface area contributed by atoms with Crippen molar-refractivity contribution < 1.29 is 31.4 Å². The number of methoxy groups -OCH3 is 1. The van der Waals surface area contributed by atoms with Gasteiger partial charge in [0.2, 0.25) is 10.0 Å². The van der Waals surface area contributed by atoms with Gasteiger partial charge in [0.1, 0.15) is 16.8 Å². The summed E-state index contributed by atoms with van der Waals surface area (Å²) in [5.41, 5.74) is 0.317. The predicted molar refractivity (Wildman–Crippen MR) is 113 cm³/mol. The Labute approximate surface area is 185 Å². The van der Waals surface area contributed by atoms with Gasteiger partial charge < -0.3 is 14.7 Å². The monoisotopic (exact) mass is 473 g/mol. The number of aromatic nitrogens is 1. The van der Waals surface area contributed by atoms with Crippen LogP contribution in [0.3, 0.4) is 0 Å². The molecule has 3 atom stereocenters. The summed E-state index contributed by atoms with van der Waals surface area (Å²) in [5.74, 6) is 0.540. The van der Waals surface area contributed by atoms with Gasteiger partial charge in [-0.05, 0) is 49.6 Å². The average molecular weight is 474 g/mol. The number of halogens is 3. The van der Waals surface area contributed by atoms with Crippen molar-refractivity contribution in [2.24, 2.45) is 0 Å². The predicted octanol–water partition coefficient (Wildman–Crippen LogP) is 2.51. The molecule has 2 N–H and O–H groups in total. The molecule has 0 amide bonds. The van der Waals surface area contributed by atoms with Crippen LogP contribution in [0.4, 0.5) is 19.0 Å². The quantitative estimate of drug-likeness (QED) is 0.642. The molecule has 176 valence electrons. The summed E-state index contributed by atoms with van der Waals surface area (Å²) in [6.45, 7) is 4.07. The van der Waals surface area contributed by atoms with Crippen LogP contribution in [0.1, 0.15) is 23.6 Å². The van der Waals surface area contributed by atoms with Gasteiger partial charge in [-0.25, -0.2) is 18.1 Å². The van der Waals surface area contributed by atoms with Crippen molar-refractivity contribution in [2.75, 3.05) is 25.1 Å². The molecule has 2 heterocycles. The molecule has 2 aromatic rings. The molecule has 1 aromatic heterocycles. The van der Waals surface area contributed by atoms with Crippen LogP contribution >= 0.6 is 0 Å². The first kappa shape index (κ1) is 24.4. The zero-order valence-corrected chi connectivity index (χ0v) is 18.7. The van der Waals surface area contributed by atoms with Crippen LogP contribution in [-0.2, 0) is 27.4 Å². The molecule has 0 spiro atoms. The van der Waals surface area contributed by atoms with Gasteiger partial charge in [0.05, 0.1) is 11.7 Å². The Balaban J connectivity index is 1.68. The third-order valence-electron chi connectivity index (χ3n) is 5.38. The molecule has 1 aliphatic heterocycles. The van der Waals surface area contributed by atoms with Crippen molar-refractivity contribution in [3.05, 3.63) is 53.2 Å². The van der Waals surface area contributed by atoms with E-state index in [0.29, 0.717) is 30.0 Å². The lowest BCUT2D eigenvalue weighted by atomic mass is 10.1. The second kappa shape index (κ2) is 9.34. The Morgan fingerprint density at radius 1 is 1.28 bits per heavy atom. The van der Waals surface area contributed by atoms with Crippen LogP contribution < -0.4 is 9.62 Å². The number of rotatable bonds is 7. The zero-order chi connectivity index (χ0) is 23.7. The number of anilines is 1. The minimum absolute atomic E-state index is 0.0172. The minimum atomic E-state index is -4.42. The summed E-state index contributed by atoms with van der Waals surface area (Å²) in [4.78, 5) is 6.09. The highest BCUT2D eigenvalue weighted by Crippen LogP contribution is 2.29. The fourth-order valence-electron chi connectivity index (χ4n) is 3.71. The van der Waals surface area contributed by atoms with Crippen LogP contribution in [0, 0.1) is 6.92 Å². The summed E-state index contributed by atoms with van der Waals surface area (Å²) in [6, 6.07) is 5.73. The van der Waals surface area contributed by atoms with Crippen molar-refractivity contribution in [3.63, 3.8) is 0 Å². The van der Waals surface area contributed by atoms with E-state index in [0.717, 1.165) is 12.1 Å². The molecule has 32 heavy (non-hydrogen) atoms. The first-order valence-electron chi connectivity index (χ1n) is 10.0. The number of nitrogens with one attached hydrogen (secondary N) is 1. The van der Waals surface area contributed by atoms with E-state index in [2.05, 4.69) is 9.71 Å². The molecule has 1 saturated heterocycles. The van der Waals surface area contributed by atoms with Crippen molar-refractivity contribution in [1.82, 2.24) is 9.71 Å². The van der Waals surface area contributed by atoms with Crippen molar-refractivity contribution in [1.29, 1.82) is 0 Å². The number of nitrogens with zero attached hydrogens (tertiary/aromatic N) is 2. The first-order chi connectivity index (χ1) is 14.9. The second-order valence-corrected chi connectivity index (χ2v) is 9.66. The Morgan fingerprint density at radius 2 is 1.94 bits per heavy atom. The SMILES string of the molecule is CO[C@@H]1CN(c2cc(C)c(S(=O)(=O)NC(C)Cc3ccc(C(F)(F)F)cc3)cn2)C[C@H]1O. The maximum Gasteiger partial charge on any atom is 0.416 e. The molecule has 0 saturated carbocycles. The number of alkyl halides is 3. The molecule has 3 rings (SSSR count). The molecule has 1 unspecified atom stereocenters. The number of aliphatic hydroxyl groups excluding tert-OH is 1. The number of sulfonamides is 1. The number of pyridine rings is 1. The van der Waals surface area contributed by atoms with E-state index in [4.69, 9.17) is 4.74 Å². The summed E-state index contributed by atoms with van der Waals surface area (Å²) >= 11 is 0. The van der Waals surface area contributed by atoms with Gasteiger partial charge in [-0.15, -0.1) is 0 Å². The molecule has 7 nitrogen and oxygen atoms in total. The van der Waals surface area contributed by atoms with Crippen LogP contribution in [0.15, 0.2) is 41.4 Å². The second-order valence-electron chi connectivity index (χ2n) is 7.98. The molecular formula is C21H26F3N3O4S. The van der Waals surface area contributed by atoms with Gasteiger partial charge in [0.15, 0.2) is 0 Å². The minimum Gasteiger partial charge on any atom is -0.388 e. The van der Waals surface area contributed by atoms with E-state index in [1.165, 1.54) is 25.4 Å². The number of aryl methyl sites for hydroxylation is 1. The lowest BCUT2D eigenvalue weighted by Gasteiger charge is -2.19. The fraction of sp³-hybridized carbons (Fsp3) is 0.476. The molecule has 1 aliphatic rings. The first-order valence-corrected chi connectivity index (χ1v) is 11.5. The van der Waals surface area contributed by atoms with E-state index in [1.807, 2.05) is 4.90 Å². The van der Waals surface area contributed by atoms with Gasteiger partial charge in [0.25, 0.3) is 0 Å². The van der Waals surface area contributed by atoms with Crippen LogP contribution in [0.25, 0.3) is 0 Å². The van der Waals surface area contributed by atoms with Gasteiger partial charge >= 0.3 is 6.18 Å². The van der Waals surface area contributed by atoms with E-state index in [1.54, 1.807) is 19.9 Å². The highest BCUT2D eigenvalue weighted by Gasteiger charge is 2.33. The third-order valence-corrected chi connectivity index (χ3v) is 7.10. The molecule has 0 bridgehead atoms. The molecule has 0 radical (unpaired) electrons. The zero-order valence-electron chi connectivity index (χ0n) is 17.9. The maximum atomic E-state index is 12.8. The average Bonchev–Trinajstić information content (AvgIpc) is 3.07. The van der Waals surface area contributed by atoms with Crippen molar-refractivity contribution in [3.8, 4) is 0 Å². The number of hydrogen-bond donors (Lipinski definition) is 2. The summed E-state index contributed by atoms with van der Waals surface area (Å²) in [7, 11) is -2.38. The smallest absolute Gasteiger partial charge is 0.388 e. The fourth-order valence-corrected chi connectivity index (χ4v) is 5.13. The van der Waals surface area contributed by atoms with Gasteiger partial charge in [-0.1, -0.05) is 12.1 Å². The maximum absolute atomic E-state index is 12.8. The molecule has 1 aromatic carbocycles. The summed E-state index contributed by atoms with van der Waals surface area (Å²) < 4.78 is 71.6. The highest BCUT2D eigenvalue weighted by molar-refractivity contribution is 7.89. The van der Waals surface area contributed by atoms with Gasteiger partial charge in [-0.3, -0.25) is 0 Å². The van der Waals surface area contributed by atoms with Gasteiger partial charge in [0, 0.05) is 32.4 Å². The molecule has 11 heteroatoms. The molecule has 1 fully saturated rings. The highest BCUT2D eigenvalue weighted by atomic mass is 32.2. The normalized spacial score (nSPS) is 20.5. The Hall–Kier alpha value is -2.21. The van der Waals surface area contributed by atoms with E-state index >= 15 is 0 Å². The van der Waals surface area contributed by atoms with E-state index in [-0.39, 0.29) is 17.4 Å². The number of β-amino-alcohol motifs (C(OH)–C–C–N with tert-alkyl or cyclic N) is 1. The number of ether oxygens (including phenoxy) is 1. The van der Waals surface area contributed by atoms with Crippen LogP contribution in [0.5, 0.6) is 0 Å². The van der Waals surface area contributed by atoms with E-state index in [9.17, 15) is 26.7 Å². The number of benzene rings is 1. The summed E-state index contributed by atoms with van der Waals surface area (Å²) in [6.07, 6.45) is -3.91.